The number of thioether (sulfide) groups is 1. The van der Waals surface area contributed by atoms with E-state index in [0.717, 1.165) is 5.75 Å². The van der Waals surface area contributed by atoms with Gasteiger partial charge in [-0.25, -0.2) is 0 Å². The normalized spacial score (nSPS) is 10.3. The topological polar surface area (TPSA) is 33.0 Å². The minimum absolute atomic E-state index is 0.492. The molecule has 1 aromatic carbocycles. The number of nitriles is 1. The molecule has 0 aliphatic heterocycles. The molecule has 0 saturated carbocycles. The smallest absolute Gasteiger partial charge is 0.0991 e. The SMILES string of the molecule is C=CCOC[C]=CSCc1ccc(C#N)cc1. The van der Waals surface area contributed by atoms with Gasteiger partial charge >= 0.3 is 0 Å². The number of hydrogen-bond donors (Lipinski definition) is 0. The molecule has 2 nitrogen and oxygen atoms in total. The number of ether oxygens (including phenoxy) is 1. The molecule has 0 aliphatic carbocycles. The molecule has 0 spiro atoms. The summed E-state index contributed by atoms with van der Waals surface area (Å²) in [7, 11) is 0. The molecule has 0 fully saturated rings. The van der Waals surface area contributed by atoms with Crippen molar-refractivity contribution in [2.45, 2.75) is 5.75 Å². The summed E-state index contributed by atoms with van der Waals surface area (Å²) in [6.07, 6.45) is 4.74. The second-order valence-electron chi connectivity index (χ2n) is 3.25. The molecule has 0 saturated heterocycles. The first-order valence-electron chi connectivity index (χ1n) is 5.21. The molecule has 87 valence electrons. The summed E-state index contributed by atoms with van der Waals surface area (Å²) >= 11 is 1.65. The molecule has 1 rings (SSSR count). The Morgan fingerprint density at radius 2 is 2.12 bits per heavy atom. The highest BCUT2D eigenvalue weighted by atomic mass is 32.2. The molecule has 1 radical (unpaired) electrons. The standard InChI is InChI=1S/C14H14NOS/c1-2-8-16-9-3-10-17-12-14-6-4-13(11-15)5-7-14/h2,4-7,10H,1,8-9,12H2. The average Bonchev–Trinajstić information content (AvgIpc) is 2.38. The molecule has 0 aliphatic rings. The van der Waals surface area contributed by atoms with Crippen LogP contribution in [-0.4, -0.2) is 13.2 Å². The van der Waals surface area contributed by atoms with E-state index in [4.69, 9.17) is 10.00 Å². The van der Waals surface area contributed by atoms with Crippen LogP contribution < -0.4 is 0 Å². The summed E-state index contributed by atoms with van der Waals surface area (Å²) in [5.41, 5.74) is 1.89. The summed E-state index contributed by atoms with van der Waals surface area (Å²) in [5, 5.41) is 10.6. The van der Waals surface area contributed by atoms with Crippen molar-refractivity contribution in [1.82, 2.24) is 0 Å². The van der Waals surface area contributed by atoms with Crippen LogP contribution >= 0.6 is 11.8 Å². The maximum atomic E-state index is 8.65. The maximum absolute atomic E-state index is 8.65. The van der Waals surface area contributed by atoms with E-state index in [1.54, 1.807) is 17.8 Å². The fraction of sp³-hybridized carbons (Fsp3) is 0.214. The molecule has 17 heavy (non-hydrogen) atoms. The first kappa shape index (κ1) is 13.6. The lowest BCUT2D eigenvalue weighted by Crippen LogP contribution is -1.89. The van der Waals surface area contributed by atoms with Gasteiger partial charge in [-0.2, -0.15) is 5.26 Å². The van der Waals surface area contributed by atoms with Crippen LogP contribution in [0.1, 0.15) is 11.1 Å². The molecule has 0 bridgehead atoms. The van der Waals surface area contributed by atoms with Crippen LogP contribution in [0.4, 0.5) is 0 Å². The van der Waals surface area contributed by atoms with Crippen LogP contribution in [0.25, 0.3) is 0 Å². The van der Waals surface area contributed by atoms with E-state index in [0.29, 0.717) is 18.8 Å². The Labute approximate surface area is 107 Å². The van der Waals surface area contributed by atoms with E-state index in [1.807, 2.05) is 29.7 Å². The van der Waals surface area contributed by atoms with Crippen molar-refractivity contribution in [3.05, 3.63) is 59.5 Å². The monoisotopic (exact) mass is 244 g/mol. The van der Waals surface area contributed by atoms with E-state index in [1.165, 1.54) is 5.56 Å². The first-order chi connectivity index (χ1) is 8.36. The molecule has 0 aromatic heterocycles. The largest absolute Gasteiger partial charge is 0.373 e. The molecule has 0 N–H and O–H groups in total. The van der Waals surface area contributed by atoms with Crippen LogP contribution in [0.2, 0.25) is 0 Å². The number of nitrogens with zero attached hydrogens (tertiary/aromatic N) is 1. The van der Waals surface area contributed by atoms with Gasteiger partial charge in [0.25, 0.3) is 0 Å². The highest BCUT2D eigenvalue weighted by molar-refractivity contribution is 8.01. The lowest BCUT2D eigenvalue weighted by atomic mass is 10.2. The second kappa shape index (κ2) is 8.63. The zero-order chi connectivity index (χ0) is 12.3. The van der Waals surface area contributed by atoms with Gasteiger partial charge in [0, 0.05) is 5.75 Å². The van der Waals surface area contributed by atoms with Crippen molar-refractivity contribution < 1.29 is 4.74 Å². The lowest BCUT2D eigenvalue weighted by molar-refractivity contribution is 0.190. The van der Waals surface area contributed by atoms with E-state index < -0.39 is 0 Å². The summed E-state index contributed by atoms with van der Waals surface area (Å²) in [5.74, 6) is 0.875. The summed E-state index contributed by atoms with van der Waals surface area (Å²) in [6, 6.07) is 9.69. The van der Waals surface area contributed by atoms with E-state index in [9.17, 15) is 0 Å². The molecule has 0 atom stereocenters. The third-order valence-corrected chi connectivity index (χ3v) is 2.75. The van der Waals surface area contributed by atoms with Crippen molar-refractivity contribution in [3.8, 4) is 6.07 Å². The van der Waals surface area contributed by atoms with Crippen molar-refractivity contribution in [3.63, 3.8) is 0 Å². The van der Waals surface area contributed by atoms with Gasteiger partial charge in [0.05, 0.1) is 24.8 Å². The predicted octanol–water partition coefficient (Wildman–Crippen LogP) is 3.31. The average molecular weight is 244 g/mol. The maximum Gasteiger partial charge on any atom is 0.0991 e. The van der Waals surface area contributed by atoms with Gasteiger partial charge in [-0.15, -0.1) is 18.3 Å². The van der Waals surface area contributed by atoms with Gasteiger partial charge in [0.1, 0.15) is 0 Å². The summed E-state index contributed by atoms with van der Waals surface area (Å²) in [6.45, 7) is 4.61. The van der Waals surface area contributed by atoms with Crippen LogP contribution in [0.15, 0.2) is 42.3 Å². The minimum atomic E-state index is 0.492. The minimum Gasteiger partial charge on any atom is -0.373 e. The summed E-state index contributed by atoms with van der Waals surface area (Å²) in [4.78, 5) is 0. The van der Waals surface area contributed by atoms with Gasteiger partial charge in [0.15, 0.2) is 0 Å². The van der Waals surface area contributed by atoms with E-state index in [-0.39, 0.29) is 0 Å². The lowest BCUT2D eigenvalue weighted by Gasteiger charge is -1.97. The third-order valence-electron chi connectivity index (χ3n) is 1.92. The molecule has 0 heterocycles. The Morgan fingerprint density at radius 1 is 1.35 bits per heavy atom. The first-order valence-corrected chi connectivity index (χ1v) is 6.26. The highest BCUT2D eigenvalue weighted by Crippen LogP contribution is 2.13. The van der Waals surface area contributed by atoms with Crippen LogP contribution in [0.5, 0.6) is 0 Å². The Balaban J connectivity index is 2.21. The van der Waals surface area contributed by atoms with E-state index in [2.05, 4.69) is 18.7 Å². The number of benzene rings is 1. The van der Waals surface area contributed by atoms with Gasteiger partial charge < -0.3 is 4.74 Å². The Kier molecular flexibility index (Phi) is 6.89. The molecule has 3 heteroatoms. The molecule has 0 unspecified atom stereocenters. The van der Waals surface area contributed by atoms with Crippen molar-refractivity contribution >= 4 is 11.8 Å². The zero-order valence-electron chi connectivity index (χ0n) is 9.56. The Hall–Kier alpha value is -1.50. The predicted molar refractivity (Wildman–Crippen MR) is 71.3 cm³/mol. The fourth-order valence-electron chi connectivity index (χ4n) is 1.11. The zero-order valence-corrected chi connectivity index (χ0v) is 10.4. The van der Waals surface area contributed by atoms with Crippen molar-refractivity contribution in [2.24, 2.45) is 0 Å². The Bertz CT molecular complexity index is 403. The van der Waals surface area contributed by atoms with Crippen molar-refractivity contribution in [1.29, 1.82) is 5.26 Å². The Morgan fingerprint density at radius 3 is 2.76 bits per heavy atom. The van der Waals surface area contributed by atoms with Crippen LogP contribution in [0.3, 0.4) is 0 Å². The second-order valence-corrected chi connectivity index (χ2v) is 4.10. The van der Waals surface area contributed by atoms with Gasteiger partial charge in [0.2, 0.25) is 0 Å². The highest BCUT2D eigenvalue weighted by Gasteiger charge is 1.92. The molecular formula is C14H14NOS. The van der Waals surface area contributed by atoms with Gasteiger partial charge in [-0.05, 0) is 29.2 Å². The van der Waals surface area contributed by atoms with Crippen LogP contribution in [-0.2, 0) is 10.5 Å². The van der Waals surface area contributed by atoms with Crippen molar-refractivity contribution in [2.75, 3.05) is 13.2 Å². The number of rotatable bonds is 7. The molecular weight excluding hydrogens is 230 g/mol. The van der Waals surface area contributed by atoms with E-state index >= 15 is 0 Å². The van der Waals surface area contributed by atoms with Crippen LogP contribution in [0, 0.1) is 17.4 Å². The molecule has 1 aromatic rings. The quantitative estimate of drug-likeness (QED) is 0.545. The van der Waals surface area contributed by atoms with Gasteiger partial charge in [-0.1, -0.05) is 18.2 Å². The molecule has 0 amide bonds. The fourth-order valence-corrected chi connectivity index (χ4v) is 1.76. The van der Waals surface area contributed by atoms with Gasteiger partial charge in [-0.3, -0.25) is 0 Å². The summed E-state index contributed by atoms with van der Waals surface area (Å²) < 4.78 is 5.16. The number of hydrogen-bond acceptors (Lipinski definition) is 3. The third kappa shape index (κ3) is 5.96.